The molecule has 0 saturated carbocycles. The molecule has 0 aliphatic rings. The van der Waals surface area contributed by atoms with E-state index < -0.39 is 5.97 Å². The number of esters is 1. The van der Waals surface area contributed by atoms with Crippen molar-refractivity contribution in [3.05, 3.63) is 25.3 Å². The molecule has 0 aromatic heterocycles. The van der Waals surface area contributed by atoms with Gasteiger partial charge in [-0.2, -0.15) is 0 Å². The first-order valence-corrected chi connectivity index (χ1v) is 5.04. The molecule has 0 heterocycles. The van der Waals surface area contributed by atoms with Crippen LogP contribution in [0.1, 0.15) is 32.6 Å². The van der Waals surface area contributed by atoms with E-state index in [2.05, 4.69) is 13.2 Å². The fourth-order valence-electron chi connectivity index (χ4n) is 0.990. The molecule has 0 fully saturated rings. The van der Waals surface area contributed by atoms with Crippen molar-refractivity contribution in [2.75, 3.05) is 0 Å². The second-order valence-electron chi connectivity index (χ2n) is 3.33. The van der Waals surface area contributed by atoms with Gasteiger partial charge in [0.1, 0.15) is 18.3 Å². The normalized spacial score (nSPS) is 11.5. The highest BCUT2D eigenvalue weighted by Gasteiger charge is 2.11. The Kier molecular flexibility index (Phi) is 7.24. The number of hydrogen-bond donors (Lipinski definition) is 0. The van der Waals surface area contributed by atoms with Crippen LogP contribution in [-0.4, -0.2) is 17.9 Å². The summed E-state index contributed by atoms with van der Waals surface area (Å²) >= 11 is 0. The zero-order chi connectivity index (χ0) is 11.7. The minimum Gasteiger partial charge on any atom is -0.458 e. The molecule has 0 aliphatic heterocycles. The zero-order valence-electron chi connectivity index (χ0n) is 9.20. The number of carbonyl (C=O) groups is 2. The van der Waals surface area contributed by atoms with E-state index in [0.717, 1.165) is 12.8 Å². The standard InChI is InChI=1S/C12H18O3/c1-4-6-7-8-11(13)9-12(14)15-10(3)5-2/h4-5,10H,1-2,6-9H2,3H3/t10-/m1/s1. The van der Waals surface area contributed by atoms with E-state index in [1.54, 1.807) is 13.0 Å². The molecule has 0 radical (unpaired) electrons. The van der Waals surface area contributed by atoms with Gasteiger partial charge in [-0.1, -0.05) is 18.7 Å². The summed E-state index contributed by atoms with van der Waals surface area (Å²) in [6, 6.07) is 0. The minimum atomic E-state index is -0.481. The number of allylic oxidation sites excluding steroid dienone is 1. The Morgan fingerprint density at radius 2 is 2.07 bits per heavy atom. The number of unbranched alkanes of at least 4 members (excludes halogenated alkanes) is 1. The molecule has 0 unspecified atom stereocenters. The van der Waals surface area contributed by atoms with Crippen LogP contribution in [0.5, 0.6) is 0 Å². The second-order valence-corrected chi connectivity index (χ2v) is 3.33. The van der Waals surface area contributed by atoms with E-state index in [-0.39, 0.29) is 18.3 Å². The third-order valence-electron chi connectivity index (χ3n) is 1.85. The van der Waals surface area contributed by atoms with Gasteiger partial charge in [-0.05, 0) is 19.8 Å². The van der Waals surface area contributed by atoms with Gasteiger partial charge in [-0.25, -0.2) is 0 Å². The van der Waals surface area contributed by atoms with Crippen LogP contribution in [0.3, 0.4) is 0 Å². The largest absolute Gasteiger partial charge is 0.458 e. The molecule has 15 heavy (non-hydrogen) atoms. The maximum atomic E-state index is 11.2. The van der Waals surface area contributed by atoms with Crippen LogP contribution < -0.4 is 0 Å². The Balaban J connectivity index is 3.71. The summed E-state index contributed by atoms with van der Waals surface area (Å²) in [6.45, 7) is 8.74. The molecule has 0 aromatic rings. The Morgan fingerprint density at radius 3 is 2.60 bits per heavy atom. The molecule has 0 bridgehead atoms. The number of ether oxygens (including phenoxy) is 1. The summed E-state index contributed by atoms with van der Waals surface area (Å²) in [4.78, 5) is 22.4. The van der Waals surface area contributed by atoms with E-state index >= 15 is 0 Å². The van der Waals surface area contributed by atoms with Gasteiger partial charge in [0.05, 0.1) is 0 Å². The van der Waals surface area contributed by atoms with Crippen molar-refractivity contribution in [1.29, 1.82) is 0 Å². The van der Waals surface area contributed by atoms with Gasteiger partial charge in [0.2, 0.25) is 0 Å². The lowest BCUT2D eigenvalue weighted by atomic mass is 10.1. The Hall–Kier alpha value is -1.38. The molecule has 84 valence electrons. The van der Waals surface area contributed by atoms with Gasteiger partial charge in [-0.3, -0.25) is 9.59 Å². The molecule has 3 nitrogen and oxygen atoms in total. The maximum absolute atomic E-state index is 11.2. The van der Waals surface area contributed by atoms with E-state index in [9.17, 15) is 9.59 Å². The number of carbonyl (C=O) groups excluding carboxylic acids is 2. The summed E-state index contributed by atoms with van der Waals surface area (Å²) in [5.41, 5.74) is 0. The van der Waals surface area contributed by atoms with Crippen molar-refractivity contribution in [3.63, 3.8) is 0 Å². The summed E-state index contributed by atoms with van der Waals surface area (Å²) in [7, 11) is 0. The minimum absolute atomic E-state index is 0.0851. The predicted octanol–water partition coefficient (Wildman–Crippen LogP) is 2.42. The van der Waals surface area contributed by atoms with Gasteiger partial charge in [0.15, 0.2) is 0 Å². The van der Waals surface area contributed by atoms with Gasteiger partial charge in [-0.15, -0.1) is 6.58 Å². The van der Waals surface area contributed by atoms with Crippen LogP contribution in [0.2, 0.25) is 0 Å². The molecule has 0 amide bonds. The number of hydrogen-bond acceptors (Lipinski definition) is 3. The molecule has 0 saturated heterocycles. The van der Waals surface area contributed by atoms with Crippen LogP contribution in [0.25, 0.3) is 0 Å². The van der Waals surface area contributed by atoms with Crippen LogP contribution in [-0.2, 0) is 14.3 Å². The van der Waals surface area contributed by atoms with E-state index in [1.165, 1.54) is 6.08 Å². The summed E-state index contributed by atoms with van der Waals surface area (Å²) in [5.74, 6) is -0.566. The van der Waals surface area contributed by atoms with E-state index in [0.29, 0.717) is 6.42 Å². The Labute approximate surface area is 90.8 Å². The first kappa shape index (κ1) is 13.6. The molecular weight excluding hydrogens is 192 g/mol. The highest BCUT2D eigenvalue weighted by Crippen LogP contribution is 2.02. The summed E-state index contributed by atoms with van der Waals surface area (Å²) < 4.78 is 4.88. The SMILES string of the molecule is C=CCCCC(=O)CC(=O)O[C@H](C)C=C. The van der Waals surface area contributed by atoms with Gasteiger partial charge < -0.3 is 4.74 Å². The molecule has 1 atom stereocenters. The molecule has 0 rings (SSSR count). The van der Waals surface area contributed by atoms with Crippen LogP contribution in [0.15, 0.2) is 25.3 Å². The summed E-state index contributed by atoms with van der Waals surface area (Å²) in [5, 5.41) is 0. The lowest BCUT2D eigenvalue weighted by molar-refractivity contribution is -0.148. The lowest BCUT2D eigenvalue weighted by Gasteiger charge is -2.07. The topological polar surface area (TPSA) is 43.4 Å². The van der Waals surface area contributed by atoms with Crippen molar-refractivity contribution in [2.24, 2.45) is 0 Å². The van der Waals surface area contributed by atoms with Crippen LogP contribution in [0, 0.1) is 0 Å². The van der Waals surface area contributed by atoms with Crippen molar-refractivity contribution in [2.45, 2.75) is 38.7 Å². The smallest absolute Gasteiger partial charge is 0.313 e. The monoisotopic (exact) mass is 210 g/mol. The number of rotatable bonds is 8. The summed E-state index contributed by atoms with van der Waals surface area (Å²) in [6.07, 6.45) is 4.74. The maximum Gasteiger partial charge on any atom is 0.313 e. The molecule has 0 spiro atoms. The van der Waals surface area contributed by atoms with Gasteiger partial charge in [0.25, 0.3) is 0 Å². The fraction of sp³-hybridized carbons (Fsp3) is 0.500. The van der Waals surface area contributed by atoms with Gasteiger partial charge >= 0.3 is 5.97 Å². The third-order valence-corrected chi connectivity index (χ3v) is 1.85. The quantitative estimate of drug-likeness (QED) is 0.267. The van der Waals surface area contributed by atoms with Crippen LogP contribution in [0.4, 0.5) is 0 Å². The highest BCUT2D eigenvalue weighted by molar-refractivity contribution is 5.95. The predicted molar refractivity (Wildman–Crippen MR) is 59.4 cm³/mol. The molecular formula is C12H18O3. The average Bonchev–Trinajstić information content (AvgIpc) is 2.17. The average molecular weight is 210 g/mol. The van der Waals surface area contributed by atoms with Crippen LogP contribution >= 0.6 is 0 Å². The lowest BCUT2D eigenvalue weighted by Crippen LogP contribution is -2.16. The molecule has 0 N–H and O–H groups in total. The highest BCUT2D eigenvalue weighted by atomic mass is 16.5. The van der Waals surface area contributed by atoms with Crippen molar-refractivity contribution in [1.82, 2.24) is 0 Å². The Bertz CT molecular complexity index is 243. The first-order chi connectivity index (χ1) is 7.10. The fourth-order valence-corrected chi connectivity index (χ4v) is 0.990. The first-order valence-electron chi connectivity index (χ1n) is 5.04. The Morgan fingerprint density at radius 1 is 1.40 bits per heavy atom. The molecule has 0 aliphatic carbocycles. The van der Waals surface area contributed by atoms with Gasteiger partial charge in [0, 0.05) is 6.42 Å². The number of ketones is 1. The number of Topliss-reactive ketones (excluding diaryl/α,β-unsaturated/α-hetero) is 1. The second kappa shape index (κ2) is 7.97. The molecule has 0 aromatic carbocycles. The third kappa shape index (κ3) is 7.67. The van der Waals surface area contributed by atoms with Crippen molar-refractivity contribution in [3.8, 4) is 0 Å². The van der Waals surface area contributed by atoms with E-state index in [4.69, 9.17) is 4.74 Å². The van der Waals surface area contributed by atoms with E-state index in [1.807, 2.05) is 0 Å². The zero-order valence-corrected chi connectivity index (χ0v) is 9.20. The van der Waals surface area contributed by atoms with Crippen molar-refractivity contribution < 1.29 is 14.3 Å². The van der Waals surface area contributed by atoms with Crippen molar-refractivity contribution >= 4 is 11.8 Å². The molecule has 3 heteroatoms.